The summed E-state index contributed by atoms with van der Waals surface area (Å²) in [6.45, 7) is 1.62. The summed E-state index contributed by atoms with van der Waals surface area (Å²) in [4.78, 5) is 0. The van der Waals surface area contributed by atoms with Crippen molar-refractivity contribution in [1.29, 1.82) is 0 Å². The first-order chi connectivity index (χ1) is 9.31. The van der Waals surface area contributed by atoms with E-state index in [4.69, 9.17) is 4.74 Å². The smallest absolute Gasteiger partial charge is 0.123 e. The van der Waals surface area contributed by atoms with Gasteiger partial charge in [-0.25, -0.2) is 0 Å². The molecule has 0 saturated heterocycles. The second-order valence-electron chi connectivity index (χ2n) is 4.83. The highest BCUT2D eigenvalue weighted by molar-refractivity contribution is 9.10. The predicted molar refractivity (Wildman–Crippen MR) is 80.4 cm³/mol. The van der Waals surface area contributed by atoms with Gasteiger partial charge in [0.05, 0.1) is 0 Å². The zero-order chi connectivity index (χ0) is 13.1. The standard InChI is InChI=1S/C16H16BrNO/c17-14-7-6-13-8-15(11-19-16(13)9-14)18-10-12-4-2-1-3-5-12/h1-7,9,15,18H,8,10-11H2. The lowest BCUT2D eigenvalue weighted by atomic mass is 10.0. The van der Waals surface area contributed by atoms with E-state index in [1.807, 2.05) is 12.1 Å². The van der Waals surface area contributed by atoms with Crippen LogP contribution in [0.3, 0.4) is 0 Å². The molecule has 3 heteroatoms. The Labute approximate surface area is 121 Å². The Morgan fingerprint density at radius 1 is 1.16 bits per heavy atom. The number of ether oxygens (including phenoxy) is 1. The molecule has 2 nitrogen and oxygen atoms in total. The van der Waals surface area contributed by atoms with Crippen molar-refractivity contribution < 1.29 is 4.74 Å². The summed E-state index contributed by atoms with van der Waals surface area (Å²) in [7, 11) is 0. The quantitative estimate of drug-likeness (QED) is 0.934. The minimum absolute atomic E-state index is 0.383. The highest BCUT2D eigenvalue weighted by Gasteiger charge is 2.19. The number of rotatable bonds is 3. The van der Waals surface area contributed by atoms with Crippen molar-refractivity contribution in [3.05, 3.63) is 64.1 Å². The lowest BCUT2D eigenvalue weighted by Gasteiger charge is -2.26. The van der Waals surface area contributed by atoms with Crippen molar-refractivity contribution in [1.82, 2.24) is 5.32 Å². The fraction of sp³-hybridized carbons (Fsp3) is 0.250. The third-order valence-corrected chi connectivity index (χ3v) is 3.87. The SMILES string of the molecule is Brc1ccc2c(c1)OCC(NCc1ccccc1)C2. The van der Waals surface area contributed by atoms with Crippen LogP contribution < -0.4 is 10.1 Å². The van der Waals surface area contributed by atoms with E-state index in [1.165, 1.54) is 11.1 Å². The van der Waals surface area contributed by atoms with Gasteiger partial charge >= 0.3 is 0 Å². The largest absolute Gasteiger partial charge is 0.492 e. The van der Waals surface area contributed by atoms with Gasteiger partial charge in [-0.3, -0.25) is 0 Å². The van der Waals surface area contributed by atoms with Gasteiger partial charge in [-0.05, 0) is 29.7 Å². The minimum Gasteiger partial charge on any atom is -0.492 e. The number of nitrogens with one attached hydrogen (secondary N) is 1. The Morgan fingerprint density at radius 2 is 2.00 bits per heavy atom. The zero-order valence-corrected chi connectivity index (χ0v) is 12.2. The summed E-state index contributed by atoms with van der Waals surface area (Å²) >= 11 is 3.47. The summed E-state index contributed by atoms with van der Waals surface area (Å²) in [5.74, 6) is 1.01. The summed E-state index contributed by atoms with van der Waals surface area (Å²) in [6, 6.07) is 17.1. The fourth-order valence-electron chi connectivity index (χ4n) is 2.34. The molecule has 1 unspecified atom stereocenters. The third-order valence-electron chi connectivity index (χ3n) is 3.37. The van der Waals surface area contributed by atoms with E-state index in [0.29, 0.717) is 6.04 Å². The maximum atomic E-state index is 5.81. The molecule has 0 aliphatic carbocycles. The van der Waals surface area contributed by atoms with Crippen LogP contribution in [-0.4, -0.2) is 12.6 Å². The van der Waals surface area contributed by atoms with E-state index >= 15 is 0 Å². The molecule has 0 aromatic heterocycles. The predicted octanol–water partition coefficient (Wildman–Crippen LogP) is 3.54. The van der Waals surface area contributed by atoms with Crippen LogP contribution in [0.1, 0.15) is 11.1 Å². The molecule has 1 aliphatic heterocycles. The topological polar surface area (TPSA) is 21.3 Å². The Hall–Kier alpha value is -1.32. The maximum Gasteiger partial charge on any atom is 0.123 e. The molecule has 19 heavy (non-hydrogen) atoms. The molecule has 0 saturated carbocycles. The van der Waals surface area contributed by atoms with Crippen molar-refractivity contribution in [2.24, 2.45) is 0 Å². The van der Waals surface area contributed by atoms with Crippen LogP contribution in [0.2, 0.25) is 0 Å². The number of halogens is 1. The number of hydrogen-bond donors (Lipinski definition) is 1. The van der Waals surface area contributed by atoms with Gasteiger partial charge in [0.2, 0.25) is 0 Å². The van der Waals surface area contributed by atoms with Crippen molar-refractivity contribution in [2.75, 3.05) is 6.61 Å². The number of benzene rings is 2. The highest BCUT2D eigenvalue weighted by Crippen LogP contribution is 2.28. The molecule has 1 aliphatic rings. The van der Waals surface area contributed by atoms with Crippen molar-refractivity contribution in [3.63, 3.8) is 0 Å². The van der Waals surface area contributed by atoms with Crippen LogP contribution in [0.4, 0.5) is 0 Å². The average molecular weight is 318 g/mol. The molecule has 1 heterocycles. The van der Waals surface area contributed by atoms with E-state index in [1.54, 1.807) is 0 Å². The molecular formula is C16H16BrNO. The molecule has 1 N–H and O–H groups in total. The summed E-state index contributed by atoms with van der Waals surface area (Å²) in [5.41, 5.74) is 2.59. The third kappa shape index (κ3) is 3.17. The molecule has 2 aromatic rings. The van der Waals surface area contributed by atoms with Crippen LogP contribution in [-0.2, 0) is 13.0 Å². The first-order valence-corrected chi connectivity index (χ1v) is 7.29. The van der Waals surface area contributed by atoms with Gasteiger partial charge in [-0.2, -0.15) is 0 Å². The van der Waals surface area contributed by atoms with Crippen LogP contribution >= 0.6 is 15.9 Å². The second kappa shape index (κ2) is 5.76. The zero-order valence-electron chi connectivity index (χ0n) is 10.6. The lowest BCUT2D eigenvalue weighted by molar-refractivity contribution is 0.238. The number of hydrogen-bond acceptors (Lipinski definition) is 2. The molecule has 0 fully saturated rings. The molecule has 1 atom stereocenters. The highest BCUT2D eigenvalue weighted by atomic mass is 79.9. The van der Waals surface area contributed by atoms with Crippen molar-refractivity contribution >= 4 is 15.9 Å². The molecule has 3 rings (SSSR count). The summed E-state index contributed by atoms with van der Waals surface area (Å²) < 4.78 is 6.88. The monoisotopic (exact) mass is 317 g/mol. The lowest BCUT2D eigenvalue weighted by Crippen LogP contribution is -2.38. The van der Waals surface area contributed by atoms with Gasteiger partial charge in [-0.1, -0.05) is 52.3 Å². The molecule has 98 valence electrons. The van der Waals surface area contributed by atoms with Gasteiger partial charge < -0.3 is 10.1 Å². The van der Waals surface area contributed by atoms with E-state index in [2.05, 4.69) is 57.6 Å². The van der Waals surface area contributed by atoms with Gasteiger partial charge in [0.25, 0.3) is 0 Å². The molecule has 0 spiro atoms. The van der Waals surface area contributed by atoms with Gasteiger partial charge in [0.1, 0.15) is 12.4 Å². The van der Waals surface area contributed by atoms with Crippen molar-refractivity contribution in [3.8, 4) is 5.75 Å². The van der Waals surface area contributed by atoms with Crippen LogP contribution in [0.15, 0.2) is 53.0 Å². The maximum absolute atomic E-state index is 5.81. The number of fused-ring (bicyclic) bond motifs is 1. The van der Waals surface area contributed by atoms with E-state index in [-0.39, 0.29) is 0 Å². The van der Waals surface area contributed by atoms with Gasteiger partial charge in [-0.15, -0.1) is 0 Å². The van der Waals surface area contributed by atoms with Crippen LogP contribution in [0.5, 0.6) is 5.75 Å². The van der Waals surface area contributed by atoms with Crippen molar-refractivity contribution in [2.45, 2.75) is 19.0 Å². The van der Waals surface area contributed by atoms with Crippen LogP contribution in [0, 0.1) is 0 Å². The Balaban J connectivity index is 1.61. The first-order valence-electron chi connectivity index (χ1n) is 6.50. The fourth-order valence-corrected chi connectivity index (χ4v) is 2.68. The average Bonchev–Trinajstić information content (AvgIpc) is 2.46. The van der Waals surface area contributed by atoms with Gasteiger partial charge in [0.15, 0.2) is 0 Å². The Kier molecular flexibility index (Phi) is 3.85. The van der Waals surface area contributed by atoms with E-state index in [0.717, 1.165) is 29.8 Å². The minimum atomic E-state index is 0.383. The van der Waals surface area contributed by atoms with E-state index in [9.17, 15) is 0 Å². The molecular weight excluding hydrogens is 302 g/mol. The Morgan fingerprint density at radius 3 is 2.84 bits per heavy atom. The van der Waals surface area contributed by atoms with E-state index < -0.39 is 0 Å². The molecule has 0 bridgehead atoms. The van der Waals surface area contributed by atoms with Gasteiger partial charge in [0, 0.05) is 17.1 Å². The normalized spacial score (nSPS) is 17.6. The second-order valence-corrected chi connectivity index (χ2v) is 5.75. The molecule has 0 radical (unpaired) electrons. The summed E-state index contributed by atoms with van der Waals surface area (Å²) in [6.07, 6.45) is 1.02. The first kappa shape index (κ1) is 12.7. The Bertz CT molecular complexity index is 556. The molecule has 2 aromatic carbocycles. The summed E-state index contributed by atoms with van der Waals surface area (Å²) in [5, 5.41) is 3.56. The molecule has 0 amide bonds. The van der Waals surface area contributed by atoms with Crippen LogP contribution in [0.25, 0.3) is 0 Å².